The topological polar surface area (TPSA) is 12.0 Å². The van der Waals surface area contributed by atoms with Gasteiger partial charge in [0.15, 0.2) is 0 Å². The maximum atomic E-state index is 6.00. The first kappa shape index (κ1) is 12.8. The summed E-state index contributed by atoms with van der Waals surface area (Å²) in [6.07, 6.45) is 3.85. The quantitative estimate of drug-likeness (QED) is 0.783. The fraction of sp³-hybridized carbons (Fsp3) is 0.600. The van der Waals surface area contributed by atoms with Crippen LogP contribution < -0.4 is 5.32 Å². The first-order chi connectivity index (χ1) is 7.96. The first-order valence-electron chi connectivity index (χ1n) is 6.48. The van der Waals surface area contributed by atoms with E-state index in [1.54, 1.807) is 0 Å². The van der Waals surface area contributed by atoms with Crippen molar-refractivity contribution in [3.8, 4) is 0 Å². The second-order valence-electron chi connectivity index (χ2n) is 6.15. The molecule has 0 heterocycles. The fourth-order valence-electron chi connectivity index (χ4n) is 2.95. The normalized spacial score (nSPS) is 27.8. The van der Waals surface area contributed by atoms with E-state index in [4.69, 9.17) is 11.6 Å². The third kappa shape index (κ3) is 3.38. The molecule has 1 nitrogen and oxygen atoms in total. The van der Waals surface area contributed by atoms with E-state index in [0.29, 0.717) is 11.5 Å². The van der Waals surface area contributed by atoms with Crippen LogP contribution in [-0.4, -0.2) is 6.04 Å². The monoisotopic (exact) mass is 251 g/mol. The molecule has 17 heavy (non-hydrogen) atoms. The van der Waals surface area contributed by atoms with Gasteiger partial charge in [-0.3, -0.25) is 0 Å². The molecule has 0 radical (unpaired) electrons. The van der Waals surface area contributed by atoms with Crippen molar-refractivity contribution in [2.45, 2.75) is 46.1 Å². The van der Waals surface area contributed by atoms with Crippen molar-refractivity contribution in [2.24, 2.45) is 11.3 Å². The van der Waals surface area contributed by atoms with Crippen molar-refractivity contribution in [1.82, 2.24) is 0 Å². The highest BCUT2D eigenvalue weighted by Gasteiger charge is 2.32. The summed E-state index contributed by atoms with van der Waals surface area (Å²) in [4.78, 5) is 0. The van der Waals surface area contributed by atoms with Crippen LogP contribution in [-0.2, 0) is 0 Å². The molecule has 1 N–H and O–H groups in total. The molecule has 1 aliphatic rings. The number of nitrogens with one attached hydrogen (secondary N) is 1. The summed E-state index contributed by atoms with van der Waals surface area (Å²) in [5.74, 6) is 0.720. The third-order valence-electron chi connectivity index (χ3n) is 3.87. The number of rotatable bonds is 2. The molecule has 0 amide bonds. The number of anilines is 1. The highest BCUT2D eigenvalue weighted by Crippen LogP contribution is 2.39. The Kier molecular flexibility index (Phi) is 3.67. The minimum absolute atomic E-state index is 0.506. The van der Waals surface area contributed by atoms with Gasteiger partial charge >= 0.3 is 0 Å². The number of hydrogen-bond donors (Lipinski definition) is 1. The van der Waals surface area contributed by atoms with E-state index in [9.17, 15) is 0 Å². The maximum absolute atomic E-state index is 6.00. The van der Waals surface area contributed by atoms with Gasteiger partial charge in [-0.1, -0.05) is 38.4 Å². The zero-order valence-corrected chi connectivity index (χ0v) is 11.7. The summed E-state index contributed by atoms with van der Waals surface area (Å²) in [7, 11) is 0. The summed E-state index contributed by atoms with van der Waals surface area (Å²) in [5, 5.41) is 4.43. The Morgan fingerprint density at radius 3 is 2.76 bits per heavy atom. The van der Waals surface area contributed by atoms with E-state index in [0.717, 1.165) is 16.6 Å². The SMILES string of the molecule is CC1CC(C)(C)CCC1Nc1cccc(Cl)c1. The molecular weight excluding hydrogens is 230 g/mol. The zero-order valence-electron chi connectivity index (χ0n) is 11.0. The van der Waals surface area contributed by atoms with Gasteiger partial charge in [-0.05, 0) is 48.8 Å². The van der Waals surface area contributed by atoms with E-state index < -0.39 is 0 Å². The Morgan fingerprint density at radius 1 is 1.35 bits per heavy atom. The molecule has 2 heteroatoms. The van der Waals surface area contributed by atoms with Crippen LogP contribution in [0.15, 0.2) is 24.3 Å². The Labute approximate surface area is 110 Å². The molecule has 2 rings (SSSR count). The molecule has 1 aromatic carbocycles. The predicted molar refractivity (Wildman–Crippen MR) is 75.7 cm³/mol. The van der Waals surface area contributed by atoms with Gasteiger partial charge in [-0.25, -0.2) is 0 Å². The largest absolute Gasteiger partial charge is 0.382 e. The van der Waals surface area contributed by atoms with Crippen LogP contribution >= 0.6 is 11.6 Å². The van der Waals surface area contributed by atoms with Crippen molar-refractivity contribution in [1.29, 1.82) is 0 Å². The molecule has 0 aliphatic heterocycles. The van der Waals surface area contributed by atoms with Crippen LogP contribution in [0.2, 0.25) is 5.02 Å². The Hall–Kier alpha value is -0.690. The number of halogens is 1. The van der Waals surface area contributed by atoms with E-state index in [2.05, 4.69) is 32.2 Å². The van der Waals surface area contributed by atoms with Crippen LogP contribution in [0.4, 0.5) is 5.69 Å². The Balaban J connectivity index is 2.00. The van der Waals surface area contributed by atoms with E-state index >= 15 is 0 Å². The second-order valence-corrected chi connectivity index (χ2v) is 6.58. The van der Waals surface area contributed by atoms with Gasteiger partial charge in [-0.2, -0.15) is 0 Å². The number of benzene rings is 1. The lowest BCUT2D eigenvalue weighted by molar-refractivity contribution is 0.177. The fourth-order valence-corrected chi connectivity index (χ4v) is 3.14. The number of hydrogen-bond acceptors (Lipinski definition) is 1. The summed E-state index contributed by atoms with van der Waals surface area (Å²) >= 11 is 6.00. The summed E-state index contributed by atoms with van der Waals surface area (Å²) in [6.45, 7) is 7.10. The van der Waals surface area contributed by atoms with Gasteiger partial charge in [0.2, 0.25) is 0 Å². The van der Waals surface area contributed by atoms with Gasteiger partial charge in [-0.15, -0.1) is 0 Å². The minimum Gasteiger partial charge on any atom is -0.382 e. The van der Waals surface area contributed by atoms with Crippen LogP contribution in [0.25, 0.3) is 0 Å². The summed E-state index contributed by atoms with van der Waals surface area (Å²) in [5.41, 5.74) is 1.65. The molecule has 0 spiro atoms. The van der Waals surface area contributed by atoms with Crippen LogP contribution in [0.5, 0.6) is 0 Å². The van der Waals surface area contributed by atoms with Gasteiger partial charge in [0, 0.05) is 16.8 Å². The van der Waals surface area contributed by atoms with Crippen molar-refractivity contribution in [3.63, 3.8) is 0 Å². The lowest BCUT2D eigenvalue weighted by atomic mass is 9.70. The third-order valence-corrected chi connectivity index (χ3v) is 4.11. The molecule has 0 saturated heterocycles. The van der Waals surface area contributed by atoms with Crippen molar-refractivity contribution in [3.05, 3.63) is 29.3 Å². The highest BCUT2D eigenvalue weighted by atomic mass is 35.5. The summed E-state index contributed by atoms with van der Waals surface area (Å²) in [6, 6.07) is 8.61. The average Bonchev–Trinajstić information content (AvgIpc) is 2.22. The molecule has 1 fully saturated rings. The molecule has 2 atom stereocenters. The zero-order chi connectivity index (χ0) is 12.5. The highest BCUT2D eigenvalue weighted by molar-refractivity contribution is 6.30. The standard InChI is InChI=1S/C15H22ClN/c1-11-10-15(2,3)8-7-14(11)17-13-6-4-5-12(16)9-13/h4-6,9,11,14,17H,7-8,10H2,1-3H3. The Morgan fingerprint density at radius 2 is 2.12 bits per heavy atom. The molecule has 1 aliphatic carbocycles. The Bertz CT molecular complexity index is 386. The van der Waals surface area contributed by atoms with Gasteiger partial charge < -0.3 is 5.32 Å². The molecule has 1 saturated carbocycles. The lowest BCUT2D eigenvalue weighted by Crippen LogP contribution is -2.36. The smallest absolute Gasteiger partial charge is 0.0426 e. The minimum atomic E-state index is 0.506. The van der Waals surface area contributed by atoms with E-state index in [-0.39, 0.29) is 0 Å². The average molecular weight is 252 g/mol. The van der Waals surface area contributed by atoms with E-state index in [1.165, 1.54) is 19.3 Å². The van der Waals surface area contributed by atoms with Gasteiger partial charge in [0.1, 0.15) is 0 Å². The maximum Gasteiger partial charge on any atom is 0.0426 e. The lowest BCUT2D eigenvalue weighted by Gasteiger charge is -2.40. The van der Waals surface area contributed by atoms with Crippen LogP contribution in [0.1, 0.15) is 40.0 Å². The van der Waals surface area contributed by atoms with Crippen molar-refractivity contribution >= 4 is 17.3 Å². The summed E-state index contributed by atoms with van der Waals surface area (Å²) < 4.78 is 0. The van der Waals surface area contributed by atoms with Crippen LogP contribution in [0.3, 0.4) is 0 Å². The second kappa shape index (κ2) is 4.89. The molecule has 0 aromatic heterocycles. The molecule has 2 unspecified atom stereocenters. The molecular formula is C15H22ClN. The van der Waals surface area contributed by atoms with Gasteiger partial charge in [0.05, 0.1) is 0 Å². The van der Waals surface area contributed by atoms with Crippen LogP contribution in [0, 0.1) is 11.3 Å². The molecule has 0 bridgehead atoms. The molecule has 1 aromatic rings. The van der Waals surface area contributed by atoms with Crippen molar-refractivity contribution in [2.75, 3.05) is 5.32 Å². The first-order valence-corrected chi connectivity index (χ1v) is 6.86. The van der Waals surface area contributed by atoms with Gasteiger partial charge in [0.25, 0.3) is 0 Å². The predicted octanol–water partition coefficient (Wildman–Crippen LogP) is 4.97. The van der Waals surface area contributed by atoms with E-state index in [1.807, 2.05) is 18.2 Å². The van der Waals surface area contributed by atoms with Crippen molar-refractivity contribution < 1.29 is 0 Å². The molecule has 94 valence electrons.